The van der Waals surface area contributed by atoms with E-state index in [1.807, 2.05) is 44.2 Å². The number of thioether (sulfide) groups is 1. The minimum absolute atomic E-state index is 0.375. The van der Waals surface area contributed by atoms with Gasteiger partial charge in [-0.05, 0) is 50.2 Å². The largest absolute Gasteiger partial charge is 0.447 e. The van der Waals surface area contributed by atoms with Gasteiger partial charge in [-0.1, -0.05) is 53.8 Å². The van der Waals surface area contributed by atoms with E-state index in [-0.39, 0.29) is 0 Å². The molecule has 0 saturated carbocycles. The maximum absolute atomic E-state index is 13.1. The Bertz CT molecular complexity index is 1170. The second-order valence-corrected chi connectivity index (χ2v) is 9.69. The monoisotopic (exact) mass is 448 g/mol. The maximum atomic E-state index is 13.1. The number of halogens is 1. The van der Waals surface area contributed by atoms with Crippen LogP contribution < -0.4 is 16.9 Å². The van der Waals surface area contributed by atoms with Crippen molar-refractivity contribution in [1.82, 2.24) is 14.3 Å². The number of hydrogen-bond donors (Lipinski definition) is 1. The van der Waals surface area contributed by atoms with Crippen LogP contribution in [0.2, 0.25) is 5.02 Å². The molecule has 0 spiro atoms. The van der Waals surface area contributed by atoms with E-state index in [4.69, 9.17) is 28.3 Å². The summed E-state index contributed by atoms with van der Waals surface area (Å²) in [5, 5.41) is 2.17. The highest BCUT2D eigenvalue weighted by Gasteiger charge is 2.49. The molecule has 2 heterocycles. The van der Waals surface area contributed by atoms with Crippen molar-refractivity contribution in [3.63, 3.8) is 0 Å². The van der Waals surface area contributed by atoms with E-state index in [9.17, 15) is 9.59 Å². The van der Waals surface area contributed by atoms with Gasteiger partial charge in [0.25, 0.3) is 0 Å². The number of anilines is 1. The molecular weight excluding hydrogens is 432 g/mol. The van der Waals surface area contributed by atoms with Crippen molar-refractivity contribution in [2.45, 2.75) is 24.8 Å². The van der Waals surface area contributed by atoms with Crippen molar-refractivity contribution in [2.75, 3.05) is 5.43 Å². The van der Waals surface area contributed by atoms with Gasteiger partial charge in [0.15, 0.2) is 10.5 Å². The second kappa shape index (κ2) is 7.40. The van der Waals surface area contributed by atoms with Gasteiger partial charge in [-0.2, -0.15) is 4.57 Å². The summed E-state index contributed by atoms with van der Waals surface area (Å²) in [5.41, 5.74) is 3.80. The molecule has 1 aliphatic heterocycles. The normalized spacial score (nSPS) is 18.2. The van der Waals surface area contributed by atoms with Crippen molar-refractivity contribution < 1.29 is 4.52 Å². The molecule has 29 heavy (non-hydrogen) atoms. The lowest BCUT2D eigenvalue weighted by molar-refractivity contribution is 0.104. The molecule has 0 unspecified atom stereocenters. The van der Waals surface area contributed by atoms with Crippen LogP contribution in [-0.4, -0.2) is 23.4 Å². The minimum atomic E-state index is -0.782. The molecule has 0 bridgehead atoms. The number of aromatic nitrogens is 2. The molecule has 0 radical (unpaired) electrons. The van der Waals surface area contributed by atoms with Gasteiger partial charge < -0.3 is 4.52 Å². The molecular formula is C19H17ClN4O3S2. The number of rotatable bonds is 4. The molecule has 1 atom stereocenters. The van der Waals surface area contributed by atoms with E-state index in [2.05, 4.69) is 5.43 Å². The first-order valence-electron chi connectivity index (χ1n) is 8.73. The van der Waals surface area contributed by atoms with Crippen molar-refractivity contribution >= 4 is 45.6 Å². The van der Waals surface area contributed by atoms with Crippen LogP contribution >= 0.6 is 35.6 Å². The van der Waals surface area contributed by atoms with Crippen LogP contribution in [0, 0.1) is 0 Å². The third-order valence-corrected chi connectivity index (χ3v) is 6.29. The Labute approximate surface area is 180 Å². The summed E-state index contributed by atoms with van der Waals surface area (Å²) < 4.78 is 7.43. The van der Waals surface area contributed by atoms with E-state index in [1.54, 1.807) is 29.3 Å². The standard InChI is InChI=1S/C19H17ClN4O3S2/c1-19(2)15(23(18(28)29-19)21-13-6-4-3-5-7-13)24-16(25)22(17(26)27-24)14-10-8-12(20)9-11-14/h3-11,15,21H,1-2H3/t15-/m0/s1. The van der Waals surface area contributed by atoms with Gasteiger partial charge in [-0.25, -0.2) is 14.6 Å². The molecule has 1 aromatic heterocycles. The number of thiocarbonyl (C=S) groups is 1. The minimum Gasteiger partial charge on any atom is -0.314 e. The van der Waals surface area contributed by atoms with Crippen LogP contribution in [-0.2, 0) is 0 Å². The van der Waals surface area contributed by atoms with Gasteiger partial charge in [-0.15, -0.1) is 4.74 Å². The molecule has 0 aliphatic carbocycles. The van der Waals surface area contributed by atoms with E-state index in [0.29, 0.717) is 15.0 Å². The summed E-state index contributed by atoms with van der Waals surface area (Å²) in [4.78, 5) is 25.7. The lowest BCUT2D eigenvalue weighted by atomic mass is 10.1. The number of benzene rings is 2. The molecule has 1 N–H and O–H groups in total. The zero-order valence-corrected chi connectivity index (χ0v) is 17.9. The van der Waals surface area contributed by atoms with Gasteiger partial charge in [-0.3, -0.25) is 5.43 Å². The third-order valence-electron chi connectivity index (χ3n) is 4.48. The number of hydrazine groups is 1. The van der Waals surface area contributed by atoms with Gasteiger partial charge >= 0.3 is 11.4 Å². The summed E-state index contributed by atoms with van der Waals surface area (Å²) in [6.45, 7) is 3.88. The Balaban J connectivity index is 1.80. The topological polar surface area (TPSA) is 72.4 Å². The fraction of sp³-hybridized carbons (Fsp3) is 0.211. The maximum Gasteiger partial charge on any atom is 0.447 e. The molecule has 7 nitrogen and oxygen atoms in total. The average molecular weight is 449 g/mol. The van der Waals surface area contributed by atoms with Crippen LogP contribution in [0.5, 0.6) is 0 Å². The van der Waals surface area contributed by atoms with Gasteiger partial charge in [0.05, 0.1) is 16.1 Å². The molecule has 10 heteroatoms. The Kier molecular flexibility index (Phi) is 5.05. The van der Waals surface area contributed by atoms with Crippen molar-refractivity contribution in [3.05, 3.63) is 80.7 Å². The highest BCUT2D eigenvalue weighted by Crippen LogP contribution is 2.46. The van der Waals surface area contributed by atoms with Gasteiger partial charge in [0.2, 0.25) is 0 Å². The van der Waals surface area contributed by atoms with E-state index in [0.717, 1.165) is 15.0 Å². The summed E-state index contributed by atoms with van der Waals surface area (Å²) in [7, 11) is 0. The van der Waals surface area contributed by atoms with Crippen LogP contribution in [0.4, 0.5) is 5.69 Å². The Hall–Kier alpha value is -2.49. The van der Waals surface area contributed by atoms with Crippen LogP contribution in [0.3, 0.4) is 0 Å². The quantitative estimate of drug-likeness (QED) is 0.607. The highest BCUT2D eigenvalue weighted by molar-refractivity contribution is 8.24. The Morgan fingerprint density at radius 1 is 1.10 bits per heavy atom. The third kappa shape index (κ3) is 3.61. The van der Waals surface area contributed by atoms with Crippen LogP contribution in [0.15, 0.2) is 68.7 Å². The first-order chi connectivity index (χ1) is 13.8. The zero-order chi connectivity index (χ0) is 20.8. The number of para-hydroxylation sites is 1. The summed E-state index contributed by atoms with van der Waals surface area (Å²) in [6, 6.07) is 15.8. The smallest absolute Gasteiger partial charge is 0.314 e. The van der Waals surface area contributed by atoms with Crippen LogP contribution in [0.1, 0.15) is 20.0 Å². The molecule has 3 aromatic rings. The first kappa shape index (κ1) is 19.8. The first-order valence-corrected chi connectivity index (χ1v) is 10.3. The van der Waals surface area contributed by atoms with Crippen molar-refractivity contribution in [1.29, 1.82) is 0 Å². The molecule has 0 amide bonds. The van der Waals surface area contributed by atoms with E-state index < -0.39 is 22.4 Å². The molecule has 1 aliphatic rings. The molecule has 150 valence electrons. The van der Waals surface area contributed by atoms with Crippen molar-refractivity contribution in [3.8, 4) is 5.69 Å². The van der Waals surface area contributed by atoms with Gasteiger partial charge in [0, 0.05) is 5.02 Å². The number of hydrogen-bond acceptors (Lipinski definition) is 6. The SMILES string of the molecule is CC1(C)SC(=S)N(Nc2ccccc2)[C@H]1n1oc(=O)n(-c2ccc(Cl)cc2)c1=O. The predicted molar refractivity (Wildman–Crippen MR) is 119 cm³/mol. The fourth-order valence-corrected chi connectivity index (χ4v) is 5.10. The van der Waals surface area contributed by atoms with Crippen LogP contribution in [0.25, 0.3) is 5.69 Å². The fourth-order valence-electron chi connectivity index (χ4n) is 3.18. The summed E-state index contributed by atoms with van der Waals surface area (Å²) >= 11 is 12.9. The molecule has 1 saturated heterocycles. The van der Waals surface area contributed by atoms with Crippen molar-refractivity contribution in [2.24, 2.45) is 0 Å². The van der Waals surface area contributed by atoms with E-state index >= 15 is 0 Å². The average Bonchev–Trinajstić information content (AvgIpc) is 3.08. The molecule has 4 rings (SSSR count). The Morgan fingerprint density at radius 2 is 1.76 bits per heavy atom. The molecule has 1 fully saturated rings. The predicted octanol–water partition coefficient (Wildman–Crippen LogP) is 3.88. The lowest BCUT2D eigenvalue weighted by Gasteiger charge is -2.31. The summed E-state index contributed by atoms with van der Waals surface area (Å²) in [5.74, 6) is -0.782. The number of nitrogens with one attached hydrogen (secondary N) is 1. The van der Waals surface area contributed by atoms with E-state index in [1.165, 1.54) is 11.8 Å². The molecule has 2 aromatic carbocycles. The lowest BCUT2D eigenvalue weighted by Crippen LogP contribution is -2.44. The van der Waals surface area contributed by atoms with Gasteiger partial charge in [0.1, 0.15) is 0 Å². The zero-order valence-electron chi connectivity index (χ0n) is 15.5. The Morgan fingerprint density at radius 3 is 2.41 bits per heavy atom. The number of nitrogens with zero attached hydrogens (tertiary/aromatic N) is 3. The second-order valence-electron chi connectivity index (χ2n) is 6.97. The summed E-state index contributed by atoms with van der Waals surface area (Å²) in [6.07, 6.45) is -0.658. The highest BCUT2D eigenvalue weighted by atomic mass is 35.5.